The second-order valence-corrected chi connectivity index (χ2v) is 7.32. The number of hydrogen-bond acceptors (Lipinski definition) is 3. The van der Waals surface area contributed by atoms with E-state index >= 15 is 0 Å². The summed E-state index contributed by atoms with van der Waals surface area (Å²) >= 11 is 0. The Morgan fingerprint density at radius 1 is 1.21 bits per heavy atom. The molecule has 1 aromatic rings. The van der Waals surface area contributed by atoms with E-state index in [1.54, 1.807) is 0 Å². The van der Waals surface area contributed by atoms with Crippen molar-refractivity contribution in [2.24, 2.45) is 0 Å². The molecule has 0 N–H and O–H groups in total. The van der Waals surface area contributed by atoms with Crippen LogP contribution >= 0.6 is 0 Å². The first-order valence-corrected chi connectivity index (χ1v) is 9.19. The molecule has 0 aliphatic carbocycles. The molecule has 1 aromatic carbocycles. The van der Waals surface area contributed by atoms with Crippen molar-refractivity contribution in [2.45, 2.75) is 93.0 Å². The summed E-state index contributed by atoms with van der Waals surface area (Å²) in [6.07, 6.45) is 1.27. The molecule has 0 fully saturated rings. The summed E-state index contributed by atoms with van der Waals surface area (Å²) in [5.41, 5.74) is 5.81. The summed E-state index contributed by atoms with van der Waals surface area (Å²) in [7, 11) is 0. The molecule has 0 saturated carbocycles. The molecule has 136 valence electrons. The molecule has 0 unspecified atom stereocenters. The van der Waals surface area contributed by atoms with Gasteiger partial charge in [-0.1, -0.05) is 40.7 Å². The highest BCUT2D eigenvalue weighted by molar-refractivity contribution is 5.74. The average Bonchev–Trinajstić information content (AvgIpc) is 2.94. The zero-order valence-electron chi connectivity index (χ0n) is 16.7. The van der Waals surface area contributed by atoms with E-state index < -0.39 is 5.60 Å². The van der Waals surface area contributed by atoms with Gasteiger partial charge in [0.15, 0.2) is 0 Å². The van der Waals surface area contributed by atoms with Crippen molar-refractivity contribution >= 4 is 5.97 Å². The van der Waals surface area contributed by atoms with Crippen LogP contribution in [0.25, 0.3) is 0 Å². The number of ether oxygens (including phenoxy) is 2. The molecule has 0 spiro atoms. The number of carbonyl (C=O) groups excluding carboxylic acids is 1. The molecular formula is C21H34O3. The number of rotatable bonds is 4. The molecule has 0 amide bonds. The van der Waals surface area contributed by atoms with Gasteiger partial charge in [0.25, 0.3) is 0 Å². The summed E-state index contributed by atoms with van der Waals surface area (Å²) in [5, 5.41) is 0. The van der Waals surface area contributed by atoms with Gasteiger partial charge in [0, 0.05) is 0 Å². The van der Waals surface area contributed by atoms with Crippen LogP contribution in [0, 0.1) is 0 Å². The SMILES string of the molecule is CC.CCc1c2c(cc(C(C)C)c1CC(=O)OC(C)(C)C)COC2. The molecule has 2 rings (SSSR count). The Morgan fingerprint density at radius 2 is 1.83 bits per heavy atom. The Kier molecular flexibility index (Phi) is 7.47. The van der Waals surface area contributed by atoms with E-state index in [1.807, 2.05) is 34.6 Å². The van der Waals surface area contributed by atoms with E-state index in [4.69, 9.17) is 9.47 Å². The van der Waals surface area contributed by atoms with E-state index in [9.17, 15) is 4.79 Å². The van der Waals surface area contributed by atoms with Gasteiger partial charge < -0.3 is 9.47 Å². The number of fused-ring (bicyclic) bond motifs is 1. The van der Waals surface area contributed by atoms with Crippen LogP contribution in [-0.4, -0.2) is 11.6 Å². The molecule has 1 aliphatic heterocycles. The van der Waals surface area contributed by atoms with Crippen molar-refractivity contribution in [2.75, 3.05) is 0 Å². The predicted octanol–water partition coefficient (Wildman–Crippen LogP) is 5.31. The normalized spacial score (nSPS) is 13.4. The minimum atomic E-state index is -0.443. The van der Waals surface area contributed by atoms with Crippen LogP contribution in [0.5, 0.6) is 0 Å². The zero-order chi connectivity index (χ0) is 18.5. The van der Waals surface area contributed by atoms with E-state index in [2.05, 4.69) is 26.8 Å². The monoisotopic (exact) mass is 334 g/mol. The van der Waals surface area contributed by atoms with E-state index in [-0.39, 0.29) is 5.97 Å². The highest BCUT2D eigenvalue weighted by Crippen LogP contribution is 2.33. The summed E-state index contributed by atoms with van der Waals surface area (Å²) in [5.74, 6) is 0.233. The number of esters is 1. The van der Waals surface area contributed by atoms with Gasteiger partial charge in [-0.3, -0.25) is 4.79 Å². The Balaban J connectivity index is 0.00000139. The van der Waals surface area contributed by atoms with Crippen molar-refractivity contribution in [3.8, 4) is 0 Å². The summed E-state index contributed by atoms with van der Waals surface area (Å²) < 4.78 is 11.1. The Morgan fingerprint density at radius 3 is 2.33 bits per heavy atom. The maximum absolute atomic E-state index is 12.3. The van der Waals surface area contributed by atoms with Gasteiger partial charge in [-0.2, -0.15) is 0 Å². The van der Waals surface area contributed by atoms with E-state index in [0.29, 0.717) is 25.6 Å². The third-order valence-corrected chi connectivity index (χ3v) is 4.02. The minimum absolute atomic E-state index is 0.150. The number of hydrogen-bond donors (Lipinski definition) is 0. The Labute approximate surface area is 147 Å². The van der Waals surface area contributed by atoms with Crippen molar-refractivity contribution < 1.29 is 14.3 Å². The summed E-state index contributed by atoms with van der Waals surface area (Å²) in [6.45, 7) is 17.6. The first-order chi connectivity index (χ1) is 11.2. The molecule has 3 heteroatoms. The van der Waals surface area contributed by atoms with Gasteiger partial charge in [-0.15, -0.1) is 0 Å². The van der Waals surface area contributed by atoms with Crippen LogP contribution in [0.1, 0.15) is 89.1 Å². The fourth-order valence-corrected chi connectivity index (χ4v) is 3.16. The van der Waals surface area contributed by atoms with Gasteiger partial charge >= 0.3 is 5.97 Å². The van der Waals surface area contributed by atoms with E-state index in [1.165, 1.54) is 22.3 Å². The van der Waals surface area contributed by atoms with Crippen LogP contribution in [0.15, 0.2) is 6.07 Å². The zero-order valence-corrected chi connectivity index (χ0v) is 16.7. The van der Waals surface area contributed by atoms with Gasteiger partial charge in [0.2, 0.25) is 0 Å². The van der Waals surface area contributed by atoms with Crippen LogP contribution in [0.4, 0.5) is 0 Å². The molecule has 0 aromatic heterocycles. The third kappa shape index (κ3) is 5.07. The number of benzene rings is 1. The first-order valence-electron chi connectivity index (χ1n) is 9.19. The van der Waals surface area contributed by atoms with Crippen LogP contribution in [0.2, 0.25) is 0 Å². The lowest BCUT2D eigenvalue weighted by Crippen LogP contribution is -2.25. The molecule has 1 aliphatic rings. The quantitative estimate of drug-likeness (QED) is 0.700. The summed E-state index contributed by atoms with van der Waals surface area (Å²) in [6, 6.07) is 2.23. The van der Waals surface area contributed by atoms with Gasteiger partial charge in [0.05, 0.1) is 19.6 Å². The molecule has 0 radical (unpaired) electrons. The lowest BCUT2D eigenvalue weighted by Gasteiger charge is -2.23. The standard InChI is InChI=1S/C19H28O3.C2H6/c1-7-14-16(9-18(20)22-19(4,5)6)15(12(2)3)8-13-10-21-11-17(13)14;1-2/h8,12H,7,9-11H2,1-6H3;1-2H3. The minimum Gasteiger partial charge on any atom is -0.460 e. The Hall–Kier alpha value is -1.35. The maximum atomic E-state index is 12.3. The maximum Gasteiger partial charge on any atom is 0.310 e. The van der Waals surface area contributed by atoms with Crippen LogP contribution in [-0.2, 0) is 40.3 Å². The second-order valence-electron chi connectivity index (χ2n) is 7.32. The average molecular weight is 335 g/mol. The molecule has 24 heavy (non-hydrogen) atoms. The molecule has 0 bridgehead atoms. The van der Waals surface area contributed by atoms with Crippen LogP contribution < -0.4 is 0 Å². The molecule has 1 heterocycles. The van der Waals surface area contributed by atoms with Crippen molar-refractivity contribution in [3.63, 3.8) is 0 Å². The molecule has 3 nitrogen and oxygen atoms in total. The largest absolute Gasteiger partial charge is 0.460 e. The smallest absolute Gasteiger partial charge is 0.310 e. The highest BCUT2D eigenvalue weighted by Gasteiger charge is 2.25. The third-order valence-electron chi connectivity index (χ3n) is 4.02. The van der Waals surface area contributed by atoms with Gasteiger partial charge in [-0.05, 0) is 60.9 Å². The fraction of sp³-hybridized carbons (Fsp3) is 0.667. The topological polar surface area (TPSA) is 35.5 Å². The van der Waals surface area contributed by atoms with Crippen LogP contribution in [0.3, 0.4) is 0 Å². The lowest BCUT2D eigenvalue weighted by atomic mass is 9.85. The second kappa shape index (κ2) is 8.66. The molecule has 0 atom stereocenters. The number of carbonyl (C=O) groups is 1. The lowest BCUT2D eigenvalue weighted by molar-refractivity contribution is -0.153. The van der Waals surface area contributed by atoms with E-state index in [0.717, 1.165) is 12.0 Å². The first kappa shape index (κ1) is 20.7. The van der Waals surface area contributed by atoms with Crippen molar-refractivity contribution in [3.05, 3.63) is 33.9 Å². The fourth-order valence-electron chi connectivity index (χ4n) is 3.16. The molecular weight excluding hydrogens is 300 g/mol. The molecule has 0 saturated heterocycles. The predicted molar refractivity (Wildman–Crippen MR) is 99.3 cm³/mol. The van der Waals surface area contributed by atoms with Crippen molar-refractivity contribution in [1.82, 2.24) is 0 Å². The highest BCUT2D eigenvalue weighted by atomic mass is 16.6. The van der Waals surface area contributed by atoms with Crippen molar-refractivity contribution in [1.29, 1.82) is 0 Å². The summed E-state index contributed by atoms with van der Waals surface area (Å²) in [4.78, 5) is 12.3. The Bertz CT molecular complexity index is 565. The van der Waals surface area contributed by atoms with Gasteiger partial charge in [-0.25, -0.2) is 0 Å². The van der Waals surface area contributed by atoms with Gasteiger partial charge in [0.1, 0.15) is 5.60 Å².